The van der Waals surface area contributed by atoms with Gasteiger partial charge in [0.2, 0.25) is 5.91 Å². The highest BCUT2D eigenvalue weighted by Crippen LogP contribution is 2.15. The molecule has 0 saturated heterocycles. The quantitative estimate of drug-likeness (QED) is 0.769. The van der Waals surface area contributed by atoms with Crippen LogP contribution in [0.4, 0.5) is 5.69 Å². The third-order valence-corrected chi connectivity index (χ3v) is 3.19. The van der Waals surface area contributed by atoms with E-state index in [0.29, 0.717) is 25.2 Å². The minimum absolute atomic E-state index is 0.0436. The molecule has 0 aromatic carbocycles. The summed E-state index contributed by atoms with van der Waals surface area (Å²) >= 11 is 6.04. The van der Waals surface area contributed by atoms with E-state index in [0.717, 1.165) is 12.8 Å². The molecule has 1 heterocycles. The summed E-state index contributed by atoms with van der Waals surface area (Å²) in [6.07, 6.45) is 3.70. The van der Waals surface area contributed by atoms with Crippen LogP contribution in [0.25, 0.3) is 0 Å². The van der Waals surface area contributed by atoms with Gasteiger partial charge in [0, 0.05) is 25.6 Å². The molecule has 0 saturated carbocycles. The Hall–Kier alpha value is -1.56. The van der Waals surface area contributed by atoms with Gasteiger partial charge in [-0.1, -0.05) is 24.9 Å². The number of nitrogens with zero attached hydrogens (tertiary/aromatic N) is 2. The molecule has 0 radical (unpaired) electrons. The molecular weight excluding hydrogens is 292 g/mol. The molecule has 0 bridgehead atoms. The molecule has 0 unspecified atom stereocenters. The van der Waals surface area contributed by atoms with Crippen LogP contribution in [0, 0.1) is 0 Å². The van der Waals surface area contributed by atoms with Crippen molar-refractivity contribution >= 4 is 23.2 Å². The van der Waals surface area contributed by atoms with Gasteiger partial charge >= 0.3 is 0 Å². The Morgan fingerprint density at radius 2 is 2.19 bits per heavy atom. The van der Waals surface area contributed by atoms with Gasteiger partial charge < -0.3 is 10.6 Å². The van der Waals surface area contributed by atoms with Gasteiger partial charge in [0.1, 0.15) is 5.02 Å². The van der Waals surface area contributed by atoms with Crippen molar-refractivity contribution in [1.29, 1.82) is 0 Å². The summed E-state index contributed by atoms with van der Waals surface area (Å²) in [4.78, 5) is 23.5. The third-order valence-electron chi connectivity index (χ3n) is 2.83. The number of carbonyl (C=O) groups is 1. The number of aryl methyl sites for hydroxylation is 1. The molecule has 1 aromatic rings. The molecule has 0 aliphatic heterocycles. The number of hydrogen-bond acceptors (Lipinski definition) is 4. The maximum absolute atomic E-state index is 12.0. The van der Waals surface area contributed by atoms with Crippen molar-refractivity contribution in [2.45, 2.75) is 52.6 Å². The van der Waals surface area contributed by atoms with E-state index in [1.54, 1.807) is 0 Å². The predicted octanol–water partition coefficient (Wildman–Crippen LogP) is 2.02. The number of hydrogen-bond donors (Lipinski definition) is 2. The fourth-order valence-corrected chi connectivity index (χ4v) is 1.97. The molecule has 0 fully saturated rings. The van der Waals surface area contributed by atoms with Crippen molar-refractivity contribution in [3.05, 3.63) is 21.6 Å². The number of anilines is 1. The highest BCUT2D eigenvalue weighted by Gasteiger charge is 2.09. The van der Waals surface area contributed by atoms with E-state index in [2.05, 4.69) is 15.7 Å². The van der Waals surface area contributed by atoms with E-state index in [9.17, 15) is 9.59 Å². The molecule has 1 amide bonds. The van der Waals surface area contributed by atoms with Gasteiger partial charge in [-0.05, 0) is 20.3 Å². The average Bonchev–Trinajstić information content (AvgIpc) is 2.42. The normalized spacial score (nSPS) is 10.7. The van der Waals surface area contributed by atoms with Crippen molar-refractivity contribution < 1.29 is 4.79 Å². The number of nitrogens with one attached hydrogen (secondary N) is 2. The molecular formula is C14H23ClN4O2. The van der Waals surface area contributed by atoms with Crippen LogP contribution in [0.1, 0.15) is 40.0 Å². The van der Waals surface area contributed by atoms with Crippen LogP contribution in [0.2, 0.25) is 5.02 Å². The van der Waals surface area contributed by atoms with Crippen LogP contribution in [-0.2, 0) is 11.3 Å². The van der Waals surface area contributed by atoms with Crippen molar-refractivity contribution in [3.8, 4) is 0 Å². The van der Waals surface area contributed by atoms with E-state index in [4.69, 9.17) is 11.6 Å². The number of rotatable bonds is 8. The lowest BCUT2D eigenvalue weighted by Gasteiger charge is -2.11. The lowest BCUT2D eigenvalue weighted by Crippen LogP contribution is -2.31. The summed E-state index contributed by atoms with van der Waals surface area (Å²) in [5.74, 6) is -0.0436. The first-order valence-electron chi connectivity index (χ1n) is 7.24. The van der Waals surface area contributed by atoms with Gasteiger partial charge in [0.05, 0.1) is 11.9 Å². The number of aromatic nitrogens is 2. The van der Waals surface area contributed by atoms with E-state index in [1.807, 2.05) is 20.8 Å². The number of carbonyl (C=O) groups excluding carboxylic acids is 1. The zero-order chi connectivity index (χ0) is 15.8. The number of amides is 1. The molecule has 6 nitrogen and oxygen atoms in total. The Bertz CT molecular complexity index is 528. The molecule has 118 valence electrons. The summed E-state index contributed by atoms with van der Waals surface area (Å²) in [5, 5.41) is 9.96. The second kappa shape index (κ2) is 8.67. The Morgan fingerprint density at radius 3 is 2.81 bits per heavy atom. The third kappa shape index (κ3) is 5.75. The minimum atomic E-state index is -0.304. The van der Waals surface area contributed by atoms with Crippen LogP contribution in [-0.4, -0.2) is 28.3 Å². The van der Waals surface area contributed by atoms with E-state index >= 15 is 0 Å². The first-order chi connectivity index (χ1) is 9.95. The van der Waals surface area contributed by atoms with E-state index < -0.39 is 0 Å². The summed E-state index contributed by atoms with van der Waals surface area (Å²) in [6.45, 7) is 6.82. The lowest BCUT2D eigenvalue weighted by atomic mass is 10.3. The Labute approximate surface area is 129 Å². The van der Waals surface area contributed by atoms with E-state index in [-0.39, 0.29) is 22.5 Å². The van der Waals surface area contributed by atoms with E-state index in [1.165, 1.54) is 10.9 Å². The number of unbranched alkanes of at least 4 members (excludes halogenated alkanes) is 1. The van der Waals surface area contributed by atoms with Crippen LogP contribution in [0.5, 0.6) is 0 Å². The van der Waals surface area contributed by atoms with Crippen LogP contribution in [0.3, 0.4) is 0 Å². The topological polar surface area (TPSA) is 76.0 Å². The van der Waals surface area contributed by atoms with Crippen LogP contribution < -0.4 is 16.2 Å². The molecule has 1 rings (SSSR count). The van der Waals surface area contributed by atoms with Crippen molar-refractivity contribution in [3.63, 3.8) is 0 Å². The average molecular weight is 315 g/mol. The van der Waals surface area contributed by atoms with Gasteiger partial charge in [-0.2, -0.15) is 5.10 Å². The van der Waals surface area contributed by atoms with Gasteiger partial charge in [0.15, 0.2) is 0 Å². The SMILES string of the molecule is CCCCn1ncc(NCCC(=O)NC(C)C)c(Cl)c1=O. The maximum atomic E-state index is 12.0. The summed E-state index contributed by atoms with van der Waals surface area (Å²) in [5.41, 5.74) is 0.161. The maximum Gasteiger partial charge on any atom is 0.287 e. The molecule has 2 N–H and O–H groups in total. The van der Waals surface area contributed by atoms with Gasteiger partial charge in [0.25, 0.3) is 5.56 Å². The second-order valence-electron chi connectivity index (χ2n) is 5.15. The lowest BCUT2D eigenvalue weighted by molar-refractivity contribution is -0.121. The summed E-state index contributed by atoms with van der Waals surface area (Å²) in [7, 11) is 0. The summed E-state index contributed by atoms with van der Waals surface area (Å²) < 4.78 is 1.36. The Kier molecular flexibility index (Phi) is 7.22. The van der Waals surface area contributed by atoms with Crippen molar-refractivity contribution in [2.75, 3.05) is 11.9 Å². The Balaban J connectivity index is 2.58. The first-order valence-corrected chi connectivity index (χ1v) is 7.62. The molecule has 1 aromatic heterocycles. The molecule has 0 aliphatic carbocycles. The second-order valence-corrected chi connectivity index (χ2v) is 5.53. The number of halogens is 1. The minimum Gasteiger partial charge on any atom is -0.382 e. The molecule has 0 spiro atoms. The Morgan fingerprint density at radius 1 is 1.48 bits per heavy atom. The van der Waals surface area contributed by atoms with Crippen LogP contribution in [0.15, 0.2) is 11.0 Å². The summed E-state index contributed by atoms with van der Waals surface area (Å²) in [6, 6.07) is 0.116. The van der Waals surface area contributed by atoms with Crippen molar-refractivity contribution in [2.24, 2.45) is 0 Å². The van der Waals surface area contributed by atoms with Gasteiger partial charge in [-0.25, -0.2) is 4.68 Å². The first kappa shape index (κ1) is 17.5. The highest BCUT2D eigenvalue weighted by atomic mass is 35.5. The molecule has 0 aliphatic rings. The monoisotopic (exact) mass is 314 g/mol. The highest BCUT2D eigenvalue weighted by molar-refractivity contribution is 6.32. The predicted molar refractivity (Wildman–Crippen MR) is 84.8 cm³/mol. The zero-order valence-electron chi connectivity index (χ0n) is 12.8. The molecule has 0 atom stereocenters. The molecule has 21 heavy (non-hydrogen) atoms. The van der Waals surface area contributed by atoms with Crippen LogP contribution >= 0.6 is 11.6 Å². The standard InChI is InChI=1S/C14H23ClN4O2/c1-4-5-8-19-14(21)13(15)11(9-17-19)16-7-6-12(20)18-10(2)3/h9-10,16H,4-8H2,1-3H3,(H,18,20). The van der Waals surface area contributed by atoms with Gasteiger partial charge in [-0.15, -0.1) is 0 Å². The fraction of sp³-hybridized carbons (Fsp3) is 0.643. The fourth-order valence-electron chi connectivity index (χ4n) is 1.76. The van der Waals surface area contributed by atoms with Gasteiger partial charge in [-0.3, -0.25) is 9.59 Å². The zero-order valence-corrected chi connectivity index (χ0v) is 13.5. The molecule has 7 heteroatoms. The largest absolute Gasteiger partial charge is 0.382 e. The van der Waals surface area contributed by atoms with Crippen molar-refractivity contribution in [1.82, 2.24) is 15.1 Å². The smallest absolute Gasteiger partial charge is 0.287 e.